The minimum Gasteiger partial charge on any atom is -0.338 e. The molecule has 1 N–H and O–H groups in total. The van der Waals surface area contributed by atoms with Gasteiger partial charge in [0, 0.05) is 5.92 Å². The highest BCUT2D eigenvalue weighted by Gasteiger charge is 2.41. The smallest absolute Gasteiger partial charge is 0.244 e. The molecule has 1 aromatic rings. The molecule has 0 bridgehead atoms. The van der Waals surface area contributed by atoms with Crippen molar-refractivity contribution >= 4 is 0 Å². The van der Waals surface area contributed by atoms with Gasteiger partial charge in [0.15, 0.2) is 5.82 Å². The summed E-state index contributed by atoms with van der Waals surface area (Å²) in [5.74, 6) is 2.96. The third kappa shape index (κ3) is 1.99. The van der Waals surface area contributed by atoms with Gasteiger partial charge >= 0.3 is 0 Å². The van der Waals surface area contributed by atoms with Gasteiger partial charge in [-0.1, -0.05) is 25.9 Å². The van der Waals surface area contributed by atoms with E-state index in [1.165, 1.54) is 19.3 Å². The second-order valence-corrected chi connectivity index (χ2v) is 6.29. The molecule has 0 amide bonds. The molecular formula is C13H21N3O. The fourth-order valence-corrected chi connectivity index (χ4v) is 2.83. The van der Waals surface area contributed by atoms with Crippen molar-refractivity contribution in [3.63, 3.8) is 0 Å². The zero-order chi connectivity index (χ0) is 12.0. The summed E-state index contributed by atoms with van der Waals surface area (Å²) >= 11 is 0. The number of piperidine rings is 1. The van der Waals surface area contributed by atoms with Crippen LogP contribution in [0.2, 0.25) is 0 Å². The lowest BCUT2D eigenvalue weighted by Crippen LogP contribution is -2.39. The van der Waals surface area contributed by atoms with Gasteiger partial charge in [-0.2, -0.15) is 4.98 Å². The molecule has 17 heavy (non-hydrogen) atoms. The molecule has 0 aromatic carbocycles. The maximum absolute atomic E-state index is 5.47. The molecule has 1 aliphatic carbocycles. The molecule has 3 unspecified atom stereocenters. The molecule has 2 heterocycles. The van der Waals surface area contributed by atoms with Gasteiger partial charge in [-0.25, -0.2) is 0 Å². The number of aromatic nitrogens is 2. The van der Waals surface area contributed by atoms with E-state index >= 15 is 0 Å². The van der Waals surface area contributed by atoms with Gasteiger partial charge in [-0.3, -0.25) is 0 Å². The third-order valence-electron chi connectivity index (χ3n) is 4.27. The highest BCUT2D eigenvalue weighted by molar-refractivity contribution is 5.10. The van der Waals surface area contributed by atoms with Crippen LogP contribution in [0, 0.1) is 11.3 Å². The third-order valence-corrected chi connectivity index (χ3v) is 4.27. The highest BCUT2D eigenvalue weighted by atomic mass is 16.5. The summed E-state index contributed by atoms with van der Waals surface area (Å²) in [6.07, 6.45) is 3.65. The maximum atomic E-state index is 5.47. The molecule has 0 spiro atoms. The summed E-state index contributed by atoms with van der Waals surface area (Å²) in [5, 5.41) is 7.66. The lowest BCUT2D eigenvalue weighted by atomic mass is 9.77. The van der Waals surface area contributed by atoms with Crippen LogP contribution in [0.1, 0.15) is 63.7 Å². The van der Waals surface area contributed by atoms with Gasteiger partial charge in [0.2, 0.25) is 5.89 Å². The van der Waals surface area contributed by atoms with Crippen molar-refractivity contribution in [1.82, 2.24) is 15.5 Å². The fraction of sp³-hybridized carbons (Fsp3) is 0.846. The fourth-order valence-electron chi connectivity index (χ4n) is 2.83. The van der Waals surface area contributed by atoms with Gasteiger partial charge in [0.05, 0.1) is 6.04 Å². The molecule has 4 heteroatoms. The Bertz CT molecular complexity index is 413. The van der Waals surface area contributed by atoms with Crippen LogP contribution in [-0.4, -0.2) is 16.7 Å². The molecule has 4 nitrogen and oxygen atoms in total. The standard InChI is InChI=1S/C13H21N3O/c1-8-7-9(8)11-15-12(17-16-11)10-13(2,3)5-4-6-14-10/h8-10,14H,4-7H2,1-3H3. The summed E-state index contributed by atoms with van der Waals surface area (Å²) in [6.45, 7) is 7.83. The van der Waals surface area contributed by atoms with Crippen LogP contribution in [0.5, 0.6) is 0 Å². The van der Waals surface area contributed by atoms with Crippen molar-refractivity contribution in [3.05, 3.63) is 11.7 Å². The lowest BCUT2D eigenvalue weighted by Gasteiger charge is -2.36. The highest BCUT2D eigenvalue weighted by Crippen LogP contribution is 2.46. The van der Waals surface area contributed by atoms with Crippen molar-refractivity contribution in [2.24, 2.45) is 11.3 Å². The van der Waals surface area contributed by atoms with E-state index in [-0.39, 0.29) is 11.5 Å². The predicted molar refractivity (Wildman–Crippen MR) is 64.6 cm³/mol. The molecule has 2 fully saturated rings. The molecule has 1 aliphatic heterocycles. The van der Waals surface area contributed by atoms with E-state index in [0.717, 1.165) is 24.2 Å². The van der Waals surface area contributed by atoms with E-state index in [1.54, 1.807) is 0 Å². The number of nitrogens with one attached hydrogen (secondary N) is 1. The lowest BCUT2D eigenvalue weighted by molar-refractivity contribution is 0.146. The largest absolute Gasteiger partial charge is 0.338 e. The van der Waals surface area contributed by atoms with Crippen LogP contribution in [0.3, 0.4) is 0 Å². The number of rotatable bonds is 2. The van der Waals surface area contributed by atoms with Gasteiger partial charge in [0.25, 0.3) is 0 Å². The predicted octanol–water partition coefficient (Wildman–Crippen LogP) is 2.64. The summed E-state index contributed by atoms with van der Waals surface area (Å²) < 4.78 is 5.47. The van der Waals surface area contributed by atoms with Crippen molar-refractivity contribution in [3.8, 4) is 0 Å². The minimum atomic E-state index is 0.206. The van der Waals surface area contributed by atoms with E-state index in [0.29, 0.717) is 5.92 Å². The topological polar surface area (TPSA) is 51.0 Å². The number of hydrogen-bond donors (Lipinski definition) is 1. The molecular weight excluding hydrogens is 214 g/mol. The summed E-state index contributed by atoms with van der Waals surface area (Å²) in [4.78, 5) is 4.60. The number of nitrogens with zero attached hydrogens (tertiary/aromatic N) is 2. The van der Waals surface area contributed by atoms with Crippen molar-refractivity contribution in [2.75, 3.05) is 6.54 Å². The average molecular weight is 235 g/mol. The van der Waals surface area contributed by atoms with Gasteiger partial charge in [0.1, 0.15) is 0 Å². The normalized spacial score (nSPS) is 35.8. The van der Waals surface area contributed by atoms with E-state index in [1.807, 2.05) is 0 Å². The van der Waals surface area contributed by atoms with Crippen molar-refractivity contribution in [1.29, 1.82) is 0 Å². The Morgan fingerprint density at radius 1 is 1.41 bits per heavy atom. The Morgan fingerprint density at radius 2 is 2.18 bits per heavy atom. The molecule has 3 atom stereocenters. The van der Waals surface area contributed by atoms with Crippen LogP contribution < -0.4 is 5.32 Å². The van der Waals surface area contributed by atoms with Gasteiger partial charge in [-0.05, 0) is 37.1 Å². The van der Waals surface area contributed by atoms with Crippen LogP contribution >= 0.6 is 0 Å². The minimum absolute atomic E-state index is 0.206. The summed E-state index contributed by atoms with van der Waals surface area (Å²) in [6, 6.07) is 0.214. The second kappa shape index (κ2) is 3.80. The Balaban J connectivity index is 1.81. The molecule has 2 aliphatic rings. The average Bonchev–Trinajstić information content (AvgIpc) is 2.82. The second-order valence-electron chi connectivity index (χ2n) is 6.29. The van der Waals surface area contributed by atoms with Gasteiger partial charge < -0.3 is 9.84 Å². The van der Waals surface area contributed by atoms with Crippen molar-refractivity contribution < 1.29 is 4.52 Å². The van der Waals surface area contributed by atoms with E-state index in [9.17, 15) is 0 Å². The number of hydrogen-bond acceptors (Lipinski definition) is 4. The first kappa shape index (κ1) is 11.2. The summed E-state index contributed by atoms with van der Waals surface area (Å²) in [5.41, 5.74) is 0.206. The Morgan fingerprint density at radius 3 is 2.82 bits per heavy atom. The monoisotopic (exact) mass is 235 g/mol. The zero-order valence-electron chi connectivity index (χ0n) is 10.9. The molecule has 1 aromatic heterocycles. The van der Waals surface area contributed by atoms with Crippen LogP contribution in [0.25, 0.3) is 0 Å². The van der Waals surface area contributed by atoms with E-state index in [2.05, 4.69) is 36.2 Å². The Labute approximate surface area is 102 Å². The Hall–Kier alpha value is -0.900. The van der Waals surface area contributed by atoms with E-state index in [4.69, 9.17) is 4.52 Å². The molecule has 0 radical (unpaired) electrons. The first-order valence-electron chi connectivity index (χ1n) is 6.65. The molecule has 94 valence electrons. The Kier molecular flexibility index (Phi) is 2.51. The van der Waals surface area contributed by atoms with Crippen LogP contribution in [0.15, 0.2) is 4.52 Å². The van der Waals surface area contributed by atoms with Crippen LogP contribution in [-0.2, 0) is 0 Å². The maximum Gasteiger partial charge on any atom is 0.244 e. The molecule has 1 saturated carbocycles. The molecule has 1 saturated heterocycles. The SMILES string of the molecule is CC1CC1c1noc(C2NCCCC2(C)C)n1. The van der Waals surface area contributed by atoms with Crippen LogP contribution in [0.4, 0.5) is 0 Å². The van der Waals surface area contributed by atoms with Gasteiger partial charge in [-0.15, -0.1) is 0 Å². The first-order chi connectivity index (χ1) is 8.08. The zero-order valence-corrected chi connectivity index (χ0v) is 10.9. The van der Waals surface area contributed by atoms with Crippen molar-refractivity contribution in [2.45, 2.75) is 52.0 Å². The quantitative estimate of drug-likeness (QED) is 0.856. The van der Waals surface area contributed by atoms with E-state index < -0.39 is 0 Å². The first-order valence-corrected chi connectivity index (χ1v) is 6.65. The summed E-state index contributed by atoms with van der Waals surface area (Å²) in [7, 11) is 0. The molecule has 3 rings (SSSR count).